The maximum atomic E-state index is 12.6. The second kappa shape index (κ2) is 7.68. The molecule has 0 unspecified atom stereocenters. The Morgan fingerprint density at radius 3 is 2.69 bits per heavy atom. The molecule has 0 heterocycles. The van der Waals surface area contributed by atoms with Gasteiger partial charge in [-0.15, -0.1) is 0 Å². The van der Waals surface area contributed by atoms with E-state index >= 15 is 0 Å². The van der Waals surface area contributed by atoms with Gasteiger partial charge in [0.2, 0.25) is 0 Å². The predicted molar refractivity (Wildman–Crippen MR) is 94.5 cm³/mol. The Bertz CT molecular complexity index is 767. The molecular weight excluding hydrogens is 336 g/mol. The van der Waals surface area contributed by atoms with E-state index < -0.39 is 10.9 Å². The van der Waals surface area contributed by atoms with Crippen LogP contribution in [0, 0.1) is 17.0 Å². The Morgan fingerprint density at radius 1 is 1.31 bits per heavy atom. The van der Waals surface area contributed by atoms with E-state index in [0.29, 0.717) is 5.56 Å². The van der Waals surface area contributed by atoms with E-state index in [1.165, 1.54) is 18.2 Å². The van der Waals surface area contributed by atoms with Crippen molar-refractivity contribution in [3.05, 3.63) is 51.2 Å². The van der Waals surface area contributed by atoms with Crippen molar-refractivity contribution in [2.24, 2.45) is 0 Å². The molecule has 3 rings (SSSR count). The molecule has 0 spiro atoms. The van der Waals surface area contributed by atoms with Crippen LogP contribution in [0.5, 0.6) is 0 Å². The van der Waals surface area contributed by atoms with E-state index in [9.17, 15) is 19.7 Å². The standard InChI is InChI=1S/C19H22N2O5/c1-13-7-8-14(11-17(13)21(24)25)19(23)26-12-18(22)20(16-9-10-16)15-5-3-2-4-6-15/h5,7-8,11,16H,2-4,6,9-10,12H2,1H3. The van der Waals surface area contributed by atoms with Crippen LogP contribution in [0.25, 0.3) is 0 Å². The fourth-order valence-corrected chi connectivity index (χ4v) is 3.18. The number of benzene rings is 1. The summed E-state index contributed by atoms with van der Waals surface area (Å²) < 4.78 is 5.13. The van der Waals surface area contributed by atoms with E-state index in [2.05, 4.69) is 6.08 Å². The van der Waals surface area contributed by atoms with Crippen molar-refractivity contribution in [1.29, 1.82) is 0 Å². The molecule has 1 aromatic rings. The fourth-order valence-electron chi connectivity index (χ4n) is 3.18. The quantitative estimate of drug-likeness (QED) is 0.441. The SMILES string of the molecule is Cc1ccc(C(=O)OCC(=O)N(C2=CCCCC2)C2CC2)cc1[N+](=O)[O-]. The lowest BCUT2D eigenvalue weighted by molar-refractivity contribution is -0.385. The minimum absolute atomic E-state index is 0.0740. The molecular formula is C19H22N2O5. The van der Waals surface area contributed by atoms with Gasteiger partial charge in [-0.3, -0.25) is 14.9 Å². The number of ether oxygens (including phenoxy) is 1. The molecule has 0 atom stereocenters. The molecule has 0 N–H and O–H groups in total. The lowest BCUT2D eigenvalue weighted by Gasteiger charge is -2.27. The Hall–Kier alpha value is -2.70. The number of hydrogen-bond acceptors (Lipinski definition) is 5. The highest BCUT2D eigenvalue weighted by Crippen LogP contribution is 2.33. The minimum Gasteiger partial charge on any atom is -0.452 e. The van der Waals surface area contributed by atoms with Crippen LogP contribution in [0.3, 0.4) is 0 Å². The molecule has 138 valence electrons. The molecule has 0 aliphatic heterocycles. The predicted octanol–water partition coefficient (Wildman–Crippen LogP) is 3.51. The van der Waals surface area contributed by atoms with Gasteiger partial charge in [0.25, 0.3) is 11.6 Å². The summed E-state index contributed by atoms with van der Waals surface area (Å²) in [7, 11) is 0. The van der Waals surface area contributed by atoms with Crippen molar-refractivity contribution in [1.82, 2.24) is 4.90 Å². The first-order valence-corrected chi connectivity index (χ1v) is 8.90. The van der Waals surface area contributed by atoms with Crippen molar-refractivity contribution in [2.45, 2.75) is 51.5 Å². The van der Waals surface area contributed by atoms with Gasteiger partial charge in [-0.2, -0.15) is 0 Å². The van der Waals surface area contributed by atoms with Gasteiger partial charge in [0.1, 0.15) is 0 Å². The van der Waals surface area contributed by atoms with Gasteiger partial charge >= 0.3 is 5.97 Å². The summed E-state index contributed by atoms with van der Waals surface area (Å²) in [4.78, 5) is 37.0. The molecule has 2 aliphatic carbocycles. The maximum absolute atomic E-state index is 12.6. The normalized spacial score (nSPS) is 16.6. The molecule has 0 bridgehead atoms. The highest BCUT2D eigenvalue weighted by atomic mass is 16.6. The molecule has 2 aliphatic rings. The van der Waals surface area contributed by atoms with Gasteiger partial charge in [-0.1, -0.05) is 12.1 Å². The second-order valence-electron chi connectivity index (χ2n) is 6.77. The topological polar surface area (TPSA) is 89.8 Å². The Morgan fingerprint density at radius 2 is 2.08 bits per heavy atom. The number of hydrogen-bond donors (Lipinski definition) is 0. The zero-order valence-corrected chi connectivity index (χ0v) is 14.8. The monoisotopic (exact) mass is 358 g/mol. The van der Waals surface area contributed by atoms with Gasteiger partial charge in [0.05, 0.1) is 10.5 Å². The number of nitro benzene ring substituents is 1. The summed E-state index contributed by atoms with van der Waals surface area (Å²) in [5.74, 6) is -0.953. The van der Waals surface area contributed by atoms with Gasteiger partial charge in [0.15, 0.2) is 6.61 Å². The van der Waals surface area contributed by atoms with Crippen LogP contribution in [0.1, 0.15) is 54.4 Å². The lowest BCUT2D eigenvalue weighted by atomic mass is 10.0. The van der Waals surface area contributed by atoms with Crippen molar-refractivity contribution < 1.29 is 19.2 Å². The van der Waals surface area contributed by atoms with Crippen LogP contribution in [0.4, 0.5) is 5.69 Å². The van der Waals surface area contributed by atoms with Gasteiger partial charge < -0.3 is 9.64 Å². The highest BCUT2D eigenvalue weighted by Gasteiger charge is 2.35. The van der Waals surface area contributed by atoms with Crippen LogP contribution < -0.4 is 0 Å². The lowest BCUT2D eigenvalue weighted by Crippen LogP contribution is -2.36. The summed E-state index contributed by atoms with van der Waals surface area (Å²) in [6.07, 6.45) is 8.10. The van der Waals surface area contributed by atoms with Crippen LogP contribution in [0.15, 0.2) is 30.0 Å². The van der Waals surface area contributed by atoms with Gasteiger partial charge in [-0.05, 0) is 51.5 Å². The smallest absolute Gasteiger partial charge is 0.338 e. The number of nitro groups is 1. The van der Waals surface area contributed by atoms with E-state index in [-0.39, 0.29) is 29.8 Å². The Labute approximate surface area is 151 Å². The molecule has 7 nitrogen and oxygen atoms in total. The molecule has 1 fully saturated rings. The van der Waals surface area contributed by atoms with Crippen LogP contribution >= 0.6 is 0 Å². The van der Waals surface area contributed by atoms with E-state index in [1.54, 1.807) is 11.8 Å². The highest BCUT2D eigenvalue weighted by molar-refractivity contribution is 5.92. The maximum Gasteiger partial charge on any atom is 0.338 e. The second-order valence-corrected chi connectivity index (χ2v) is 6.77. The third kappa shape index (κ3) is 4.09. The third-order valence-electron chi connectivity index (χ3n) is 4.73. The fraction of sp³-hybridized carbons (Fsp3) is 0.474. The van der Waals surface area contributed by atoms with Gasteiger partial charge in [0, 0.05) is 23.4 Å². The summed E-state index contributed by atoms with van der Waals surface area (Å²) in [6, 6.07) is 4.37. The number of allylic oxidation sites excluding steroid dienone is 2. The van der Waals surface area contributed by atoms with Crippen molar-refractivity contribution in [3.63, 3.8) is 0 Å². The number of carbonyl (C=O) groups excluding carboxylic acids is 2. The number of rotatable bonds is 6. The van der Waals surface area contributed by atoms with Crippen molar-refractivity contribution in [2.75, 3.05) is 6.61 Å². The average Bonchev–Trinajstić information content (AvgIpc) is 3.46. The number of carbonyl (C=O) groups is 2. The molecule has 1 aromatic carbocycles. The Kier molecular flexibility index (Phi) is 5.35. The molecule has 0 saturated heterocycles. The summed E-state index contributed by atoms with van der Waals surface area (Å²) in [6.45, 7) is 1.25. The number of nitrogens with zero attached hydrogens (tertiary/aromatic N) is 2. The summed E-state index contributed by atoms with van der Waals surface area (Å²) in [5.41, 5.74) is 1.43. The molecule has 0 radical (unpaired) electrons. The van der Waals surface area contributed by atoms with Crippen LogP contribution in [-0.4, -0.2) is 34.3 Å². The average molecular weight is 358 g/mol. The van der Waals surface area contributed by atoms with Gasteiger partial charge in [-0.25, -0.2) is 4.79 Å². The minimum atomic E-state index is -0.727. The number of aryl methyl sites for hydroxylation is 1. The first kappa shape index (κ1) is 18.1. The molecule has 1 amide bonds. The van der Waals surface area contributed by atoms with Crippen LogP contribution in [-0.2, 0) is 9.53 Å². The summed E-state index contributed by atoms with van der Waals surface area (Å²) >= 11 is 0. The number of esters is 1. The molecule has 7 heteroatoms. The zero-order valence-electron chi connectivity index (χ0n) is 14.8. The first-order valence-electron chi connectivity index (χ1n) is 8.90. The van der Waals surface area contributed by atoms with E-state index in [4.69, 9.17) is 4.74 Å². The summed E-state index contributed by atoms with van der Waals surface area (Å²) in [5, 5.41) is 11.0. The van der Waals surface area contributed by atoms with E-state index in [1.807, 2.05) is 0 Å². The third-order valence-corrected chi connectivity index (χ3v) is 4.73. The number of amides is 1. The van der Waals surface area contributed by atoms with E-state index in [0.717, 1.165) is 44.2 Å². The molecule has 26 heavy (non-hydrogen) atoms. The zero-order chi connectivity index (χ0) is 18.7. The largest absolute Gasteiger partial charge is 0.452 e. The van der Waals surface area contributed by atoms with Crippen LogP contribution in [0.2, 0.25) is 0 Å². The Balaban J connectivity index is 1.65. The molecule has 0 aromatic heterocycles. The van der Waals surface area contributed by atoms with Crippen molar-refractivity contribution in [3.8, 4) is 0 Å². The first-order chi connectivity index (χ1) is 12.5. The molecule has 1 saturated carbocycles. The van der Waals surface area contributed by atoms with Crippen molar-refractivity contribution >= 4 is 17.6 Å².